The molecule has 0 aromatic heterocycles. The van der Waals surface area contributed by atoms with Crippen LogP contribution in [0.3, 0.4) is 0 Å². The molecule has 2 atom stereocenters. The fourth-order valence-electron chi connectivity index (χ4n) is 4.40. The highest BCUT2D eigenvalue weighted by Gasteiger charge is 2.46. The van der Waals surface area contributed by atoms with E-state index in [9.17, 15) is 14.7 Å². The number of benzene rings is 2. The van der Waals surface area contributed by atoms with Gasteiger partial charge in [0.15, 0.2) is 0 Å². The molecular formula is C26H30N2O5. The molecule has 0 aliphatic carbocycles. The number of likely N-dealkylation sites (tertiary alicyclic amines) is 1. The van der Waals surface area contributed by atoms with Gasteiger partial charge in [-0.25, -0.2) is 0 Å². The third-order valence-corrected chi connectivity index (χ3v) is 6.00. The molecule has 2 unspecified atom stereocenters. The number of Topliss-reactive ketones (excluding diaryl/α,β-unsaturated/α-hetero) is 1. The summed E-state index contributed by atoms with van der Waals surface area (Å²) in [5.41, 5.74) is 2.34. The molecule has 7 nitrogen and oxygen atoms in total. The van der Waals surface area contributed by atoms with E-state index < -0.39 is 17.7 Å². The van der Waals surface area contributed by atoms with Crippen LogP contribution in [0.2, 0.25) is 0 Å². The van der Waals surface area contributed by atoms with Gasteiger partial charge in [0.25, 0.3) is 11.7 Å². The Kier molecular flexibility index (Phi) is 6.42. The van der Waals surface area contributed by atoms with E-state index >= 15 is 0 Å². The molecule has 174 valence electrons. The standard InChI is InChI=1S/C26H30N2O5/c1-5-32-20-9-6-17(7-10-20)23-22(25(30)26(31)28(23)13-12-27(3)4)24(29)18-8-11-21-19(15-18)14-16(2)33-21/h6-11,15-16,23,29H,5,12-14H2,1-4H3/b24-22-. The predicted molar refractivity (Wildman–Crippen MR) is 125 cm³/mol. The monoisotopic (exact) mass is 450 g/mol. The SMILES string of the molecule is CCOc1ccc(C2/C(=C(/O)c3ccc4c(c3)CC(C)O4)C(=O)C(=O)N2CCN(C)C)cc1. The molecule has 2 aliphatic rings. The average molecular weight is 451 g/mol. The average Bonchev–Trinajstić information content (AvgIpc) is 3.28. The van der Waals surface area contributed by atoms with Crippen LogP contribution in [0.25, 0.3) is 5.76 Å². The lowest BCUT2D eigenvalue weighted by atomic mass is 9.94. The number of carbonyl (C=O) groups is 2. The van der Waals surface area contributed by atoms with Crippen molar-refractivity contribution in [2.24, 2.45) is 0 Å². The molecule has 2 aromatic carbocycles. The molecule has 7 heteroatoms. The van der Waals surface area contributed by atoms with Crippen LogP contribution in [0.5, 0.6) is 11.5 Å². The van der Waals surface area contributed by atoms with Gasteiger partial charge >= 0.3 is 0 Å². The Hall–Kier alpha value is -3.32. The summed E-state index contributed by atoms with van der Waals surface area (Å²) in [6.45, 7) is 5.39. The minimum absolute atomic E-state index is 0.0675. The van der Waals surface area contributed by atoms with Crippen LogP contribution in [0.4, 0.5) is 0 Å². The van der Waals surface area contributed by atoms with E-state index in [1.54, 1.807) is 11.0 Å². The van der Waals surface area contributed by atoms with Gasteiger partial charge in [-0.15, -0.1) is 0 Å². The molecule has 4 rings (SSSR count). The zero-order valence-electron chi connectivity index (χ0n) is 19.5. The van der Waals surface area contributed by atoms with Gasteiger partial charge in [0.05, 0.1) is 18.2 Å². The number of rotatable bonds is 7. The van der Waals surface area contributed by atoms with Crippen LogP contribution in [0.15, 0.2) is 48.0 Å². The highest BCUT2D eigenvalue weighted by molar-refractivity contribution is 6.46. The van der Waals surface area contributed by atoms with Crippen molar-refractivity contribution >= 4 is 17.4 Å². The van der Waals surface area contributed by atoms with Crippen molar-refractivity contribution < 1.29 is 24.2 Å². The lowest BCUT2D eigenvalue weighted by Gasteiger charge is -2.26. The second-order valence-corrected chi connectivity index (χ2v) is 8.75. The molecular weight excluding hydrogens is 420 g/mol. The van der Waals surface area contributed by atoms with Crippen molar-refractivity contribution in [3.05, 3.63) is 64.7 Å². The summed E-state index contributed by atoms with van der Waals surface area (Å²) in [5, 5.41) is 11.3. The quantitative estimate of drug-likeness (QED) is 0.396. The molecule has 1 fully saturated rings. The Morgan fingerprint density at radius 3 is 2.58 bits per heavy atom. The van der Waals surface area contributed by atoms with E-state index in [-0.39, 0.29) is 17.4 Å². The van der Waals surface area contributed by atoms with Crippen LogP contribution in [0.1, 0.15) is 36.6 Å². The lowest BCUT2D eigenvalue weighted by Crippen LogP contribution is -2.35. The summed E-state index contributed by atoms with van der Waals surface area (Å²) in [4.78, 5) is 29.7. The number of aliphatic hydroxyl groups is 1. The Morgan fingerprint density at radius 1 is 1.18 bits per heavy atom. The number of ether oxygens (including phenoxy) is 2. The normalized spacial score (nSPS) is 21.4. The molecule has 33 heavy (non-hydrogen) atoms. The summed E-state index contributed by atoms with van der Waals surface area (Å²) < 4.78 is 11.3. The Bertz CT molecular complexity index is 1090. The zero-order valence-corrected chi connectivity index (χ0v) is 19.5. The van der Waals surface area contributed by atoms with Crippen LogP contribution < -0.4 is 9.47 Å². The van der Waals surface area contributed by atoms with Crippen LogP contribution in [-0.2, 0) is 16.0 Å². The highest BCUT2D eigenvalue weighted by Crippen LogP contribution is 2.40. The molecule has 0 radical (unpaired) electrons. The smallest absolute Gasteiger partial charge is 0.295 e. The van der Waals surface area contributed by atoms with Crippen molar-refractivity contribution in [2.45, 2.75) is 32.4 Å². The van der Waals surface area contributed by atoms with Gasteiger partial charge in [-0.1, -0.05) is 12.1 Å². The van der Waals surface area contributed by atoms with E-state index in [1.807, 2.05) is 69.2 Å². The Balaban J connectivity index is 1.79. The topological polar surface area (TPSA) is 79.3 Å². The maximum atomic E-state index is 13.1. The van der Waals surface area contributed by atoms with Gasteiger partial charge in [0.1, 0.15) is 23.4 Å². The molecule has 1 N–H and O–H groups in total. The maximum absolute atomic E-state index is 13.1. The van der Waals surface area contributed by atoms with Crippen molar-refractivity contribution in [1.82, 2.24) is 9.80 Å². The van der Waals surface area contributed by atoms with Crippen molar-refractivity contribution in [1.29, 1.82) is 0 Å². The largest absolute Gasteiger partial charge is 0.507 e. The number of ketones is 1. The first-order chi connectivity index (χ1) is 15.8. The fraction of sp³-hybridized carbons (Fsp3) is 0.385. The summed E-state index contributed by atoms with van der Waals surface area (Å²) >= 11 is 0. The molecule has 0 bridgehead atoms. The number of carbonyl (C=O) groups excluding carboxylic acids is 2. The molecule has 2 aromatic rings. The Labute approximate surface area is 194 Å². The predicted octanol–water partition coefficient (Wildman–Crippen LogP) is 3.39. The summed E-state index contributed by atoms with van der Waals surface area (Å²) in [6.07, 6.45) is 0.800. The number of hydrogen-bond acceptors (Lipinski definition) is 6. The second-order valence-electron chi connectivity index (χ2n) is 8.75. The van der Waals surface area contributed by atoms with Crippen LogP contribution in [0, 0.1) is 0 Å². The number of hydrogen-bond donors (Lipinski definition) is 1. The second kappa shape index (κ2) is 9.27. The molecule has 0 saturated carbocycles. The van der Waals surface area contributed by atoms with Gasteiger partial charge in [-0.2, -0.15) is 0 Å². The lowest BCUT2D eigenvalue weighted by molar-refractivity contribution is -0.140. The van der Waals surface area contributed by atoms with Crippen molar-refractivity contribution in [3.63, 3.8) is 0 Å². The van der Waals surface area contributed by atoms with Crippen molar-refractivity contribution in [3.8, 4) is 11.5 Å². The van der Waals surface area contributed by atoms with E-state index in [0.717, 1.165) is 23.3 Å². The van der Waals surface area contributed by atoms with Gasteiger partial charge in [0.2, 0.25) is 0 Å². The van der Waals surface area contributed by atoms with Gasteiger partial charge in [-0.3, -0.25) is 9.59 Å². The molecule has 0 spiro atoms. The fourth-order valence-corrected chi connectivity index (χ4v) is 4.40. The summed E-state index contributed by atoms with van der Waals surface area (Å²) in [5.74, 6) is 0.0559. The van der Waals surface area contributed by atoms with E-state index in [4.69, 9.17) is 9.47 Å². The van der Waals surface area contributed by atoms with Crippen LogP contribution >= 0.6 is 0 Å². The molecule has 1 amide bonds. The minimum Gasteiger partial charge on any atom is -0.507 e. The Morgan fingerprint density at radius 2 is 1.91 bits per heavy atom. The van der Waals surface area contributed by atoms with Crippen molar-refractivity contribution in [2.75, 3.05) is 33.8 Å². The molecule has 1 saturated heterocycles. The van der Waals surface area contributed by atoms with Gasteiger partial charge < -0.3 is 24.4 Å². The van der Waals surface area contributed by atoms with E-state index in [1.165, 1.54) is 0 Å². The molecule has 2 heterocycles. The minimum atomic E-state index is -0.677. The van der Waals surface area contributed by atoms with E-state index in [0.29, 0.717) is 31.0 Å². The first-order valence-electron chi connectivity index (χ1n) is 11.3. The van der Waals surface area contributed by atoms with Gasteiger partial charge in [-0.05, 0) is 69.4 Å². The first-order valence-corrected chi connectivity index (χ1v) is 11.3. The zero-order chi connectivity index (χ0) is 23.7. The number of fused-ring (bicyclic) bond motifs is 1. The first kappa shape index (κ1) is 22.9. The third-order valence-electron chi connectivity index (χ3n) is 6.00. The van der Waals surface area contributed by atoms with Gasteiger partial charge in [0, 0.05) is 25.1 Å². The van der Waals surface area contributed by atoms with Crippen LogP contribution in [-0.4, -0.2) is 66.5 Å². The number of nitrogens with zero attached hydrogens (tertiary/aromatic N) is 2. The summed E-state index contributed by atoms with van der Waals surface area (Å²) in [6, 6.07) is 12.0. The number of likely N-dealkylation sites (N-methyl/N-ethyl adjacent to an activating group) is 1. The third kappa shape index (κ3) is 4.46. The summed E-state index contributed by atoms with van der Waals surface area (Å²) in [7, 11) is 3.83. The van der Waals surface area contributed by atoms with E-state index in [2.05, 4.69) is 0 Å². The number of amides is 1. The highest BCUT2D eigenvalue weighted by atomic mass is 16.5. The maximum Gasteiger partial charge on any atom is 0.295 e. The number of aliphatic hydroxyl groups excluding tert-OH is 1. The molecule has 2 aliphatic heterocycles.